The number of nitrogens with zero attached hydrogens (tertiary/aromatic N) is 3. The van der Waals surface area contributed by atoms with Gasteiger partial charge in [0.05, 0.1) is 5.69 Å². The van der Waals surface area contributed by atoms with Gasteiger partial charge in [0, 0.05) is 13.2 Å². The van der Waals surface area contributed by atoms with Crippen molar-refractivity contribution in [3.05, 3.63) is 18.0 Å². The van der Waals surface area contributed by atoms with Crippen LogP contribution in [0.1, 0.15) is 18.7 Å². The van der Waals surface area contributed by atoms with E-state index in [4.69, 9.17) is 5.73 Å². The molecule has 1 aromatic heterocycles. The van der Waals surface area contributed by atoms with Crippen LogP contribution in [0.15, 0.2) is 12.3 Å². The molecule has 1 heterocycles. The highest BCUT2D eigenvalue weighted by Gasteiger charge is 2.19. The molecule has 0 fully saturated rings. The van der Waals surface area contributed by atoms with Crippen molar-refractivity contribution in [1.29, 1.82) is 0 Å². The molecular weight excluding hydrogens is 172 g/mol. The molecule has 0 aliphatic rings. The Labute approximate surface area is 75.5 Å². The van der Waals surface area contributed by atoms with Gasteiger partial charge in [0.1, 0.15) is 6.04 Å². The topological polar surface area (TPSA) is 84.4 Å². The number of hydroxylamine groups is 2. The summed E-state index contributed by atoms with van der Waals surface area (Å²) in [4.78, 5) is 10.6. The lowest BCUT2D eigenvalue weighted by Gasteiger charge is -2.20. The first-order valence-electron chi connectivity index (χ1n) is 3.79. The first-order valence-corrected chi connectivity index (χ1v) is 3.79. The van der Waals surface area contributed by atoms with Crippen LogP contribution in [-0.4, -0.2) is 26.1 Å². The molecule has 1 unspecified atom stereocenters. The minimum absolute atomic E-state index is 0.469. The van der Waals surface area contributed by atoms with Gasteiger partial charge in [-0.15, -0.1) is 0 Å². The average Bonchev–Trinajstić information content (AvgIpc) is 2.48. The monoisotopic (exact) mass is 184 g/mol. The molecule has 0 bridgehead atoms. The molecule has 1 aromatic rings. The first-order chi connectivity index (χ1) is 6.04. The van der Waals surface area contributed by atoms with E-state index in [9.17, 15) is 10.0 Å². The lowest BCUT2D eigenvalue weighted by molar-refractivity contribution is -0.0729. The summed E-state index contributed by atoms with van der Waals surface area (Å²) in [5.41, 5.74) is 5.61. The number of carbonyl (C=O) groups excluding carboxylic acids is 1. The average molecular weight is 184 g/mol. The minimum Gasteiger partial charge on any atom is -0.350 e. The Morgan fingerprint density at radius 1 is 1.85 bits per heavy atom. The van der Waals surface area contributed by atoms with Gasteiger partial charge >= 0.3 is 6.03 Å². The lowest BCUT2D eigenvalue weighted by Crippen LogP contribution is -2.35. The SMILES string of the molecule is CC(c1ccnn1C)N(O)C(N)=O. The number of carbonyl (C=O) groups is 1. The normalized spacial score (nSPS) is 12.5. The van der Waals surface area contributed by atoms with Gasteiger partial charge in [0.2, 0.25) is 0 Å². The van der Waals surface area contributed by atoms with Crippen molar-refractivity contribution >= 4 is 6.03 Å². The summed E-state index contributed by atoms with van der Waals surface area (Å²) in [6.45, 7) is 1.65. The molecular formula is C7H12N4O2. The van der Waals surface area contributed by atoms with Crippen LogP contribution in [0.3, 0.4) is 0 Å². The van der Waals surface area contributed by atoms with Gasteiger partial charge in [-0.05, 0) is 13.0 Å². The van der Waals surface area contributed by atoms with E-state index in [1.165, 1.54) is 0 Å². The van der Waals surface area contributed by atoms with E-state index in [0.717, 1.165) is 0 Å². The second-order valence-electron chi connectivity index (χ2n) is 2.74. The van der Waals surface area contributed by atoms with Crippen molar-refractivity contribution in [3.8, 4) is 0 Å². The number of rotatable bonds is 2. The van der Waals surface area contributed by atoms with Crippen LogP contribution >= 0.6 is 0 Å². The number of aryl methyl sites for hydroxylation is 1. The Morgan fingerprint density at radius 2 is 2.46 bits per heavy atom. The van der Waals surface area contributed by atoms with E-state index < -0.39 is 12.1 Å². The zero-order valence-corrected chi connectivity index (χ0v) is 7.51. The maximum atomic E-state index is 10.6. The zero-order valence-electron chi connectivity index (χ0n) is 7.51. The van der Waals surface area contributed by atoms with Crippen LogP contribution in [0.2, 0.25) is 0 Å². The van der Waals surface area contributed by atoms with Crippen molar-refractivity contribution in [2.24, 2.45) is 12.8 Å². The molecule has 0 aliphatic heterocycles. The van der Waals surface area contributed by atoms with Crippen LogP contribution in [0, 0.1) is 0 Å². The number of amides is 2. The van der Waals surface area contributed by atoms with Gasteiger partial charge in [0.15, 0.2) is 0 Å². The van der Waals surface area contributed by atoms with Gasteiger partial charge in [-0.2, -0.15) is 10.2 Å². The highest BCUT2D eigenvalue weighted by molar-refractivity contribution is 5.71. The Hall–Kier alpha value is -1.56. The second-order valence-corrected chi connectivity index (χ2v) is 2.74. The molecule has 0 spiro atoms. The van der Waals surface area contributed by atoms with Crippen molar-refractivity contribution in [2.75, 3.05) is 0 Å². The van der Waals surface area contributed by atoms with Crippen LogP contribution < -0.4 is 5.73 Å². The van der Waals surface area contributed by atoms with Crippen molar-refractivity contribution in [3.63, 3.8) is 0 Å². The summed E-state index contributed by atoms with van der Waals surface area (Å²) < 4.78 is 1.57. The molecule has 0 aromatic carbocycles. The Balaban J connectivity index is 2.85. The van der Waals surface area contributed by atoms with Crippen molar-refractivity contribution in [2.45, 2.75) is 13.0 Å². The summed E-state index contributed by atoms with van der Waals surface area (Å²) in [5.74, 6) is 0. The van der Waals surface area contributed by atoms with E-state index in [1.807, 2.05) is 0 Å². The number of hydrogen-bond acceptors (Lipinski definition) is 3. The summed E-state index contributed by atoms with van der Waals surface area (Å²) in [6.07, 6.45) is 1.58. The van der Waals surface area contributed by atoms with Crippen molar-refractivity contribution < 1.29 is 10.0 Å². The molecule has 6 nitrogen and oxygen atoms in total. The van der Waals surface area contributed by atoms with Gasteiger partial charge in [0.25, 0.3) is 0 Å². The summed E-state index contributed by atoms with van der Waals surface area (Å²) in [7, 11) is 1.72. The molecule has 0 saturated heterocycles. The highest BCUT2D eigenvalue weighted by Crippen LogP contribution is 2.16. The van der Waals surface area contributed by atoms with Crippen molar-refractivity contribution in [1.82, 2.24) is 14.8 Å². The highest BCUT2D eigenvalue weighted by atomic mass is 16.5. The molecule has 3 N–H and O–H groups in total. The first kappa shape index (κ1) is 9.53. The summed E-state index contributed by atoms with van der Waals surface area (Å²) in [5, 5.41) is 13.6. The fourth-order valence-electron chi connectivity index (χ4n) is 1.11. The fourth-order valence-corrected chi connectivity index (χ4v) is 1.11. The molecule has 0 aliphatic carbocycles. The number of hydrogen-bond donors (Lipinski definition) is 2. The Morgan fingerprint density at radius 3 is 2.85 bits per heavy atom. The predicted octanol–water partition coefficient (Wildman–Crippen LogP) is 0.251. The number of urea groups is 1. The third kappa shape index (κ3) is 1.78. The third-order valence-corrected chi connectivity index (χ3v) is 1.88. The van der Waals surface area contributed by atoms with Gasteiger partial charge < -0.3 is 5.73 Å². The van der Waals surface area contributed by atoms with Gasteiger partial charge in [-0.25, -0.2) is 4.79 Å². The number of primary amides is 1. The number of aromatic nitrogens is 2. The third-order valence-electron chi connectivity index (χ3n) is 1.88. The van der Waals surface area contributed by atoms with E-state index in [0.29, 0.717) is 10.8 Å². The van der Waals surface area contributed by atoms with E-state index >= 15 is 0 Å². The Kier molecular flexibility index (Phi) is 2.52. The van der Waals surface area contributed by atoms with Crippen LogP contribution in [0.5, 0.6) is 0 Å². The molecule has 6 heteroatoms. The van der Waals surface area contributed by atoms with E-state index in [-0.39, 0.29) is 0 Å². The molecule has 1 rings (SSSR count). The Bertz CT molecular complexity index is 309. The maximum Gasteiger partial charge on any atom is 0.339 e. The zero-order chi connectivity index (χ0) is 10.0. The second kappa shape index (κ2) is 3.44. The molecule has 2 amide bonds. The maximum absolute atomic E-state index is 10.6. The summed E-state index contributed by atoms with van der Waals surface area (Å²) in [6, 6.07) is 0.329. The molecule has 0 radical (unpaired) electrons. The minimum atomic E-state index is -0.881. The van der Waals surface area contributed by atoms with E-state index in [2.05, 4.69) is 5.10 Å². The smallest absolute Gasteiger partial charge is 0.339 e. The standard InChI is InChI=1S/C7H12N4O2/c1-5(11(13)7(8)12)6-3-4-9-10(6)2/h3-5,13H,1-2H3,(H2,8,12). The lowest BCUT2D eigenvalue weighted by atomic mass is 10.2. The summed E-state index contributed by atoms with van der Waals surface area (Å²) >= 11 is 0. The van der Waals surface area contributed by atoms with Gasteiger partial charge in [-0.1, -0.05) is 0 Å². The molecule has 72 valence electrons. The van der Waals surface area contributed by atoms with Crippen LogP contribution in [0.4, 0.5) is 4.79 Å². The fraction of sp³-hybridized carbons (Fsp3) is 0.429. The van der Waals surface area contributed by atoms with E-state index in [1.54, 1.807) is 30.9 Å². The van der Waals surface area contributed by atoms with Gasteiger partial charge in [-0.3, -0.25) is 9.89 Å². The number of nitrogens with two attached hydrogens (primary N) is 1. The quantitative estimate of drug-likeness (QED) is 0.510. The molecule has 1 atom stereocenters. The van der Waals surface area contributed by atoms with Crippen LogP contribution in [-0.2, 0) is 7.05 Å². The van der Waals surface area contributed by atoms with Crippen LogP contribution in [0.25, 0.3) is 0 Å². The molecule has 0 saturated carbocycles. The molecule has 13 heavy (non-hydrogen) atoms. The predicted molar refractivity (Wildman–Crippen MR) is 44.8 cm³/mol. The largest absolute Gasteiger partial charge is 0.350 e.